The van der Waals surface area contributed by atoms with Crippen molar-refractivity contribution in [2.45, 2.75) is 12.8 Å². The van der Waals surface area contributed by atoms with E-state index in [9.17, 15) is 19.1 Å². The molecule has 1 heterocycles. The van der Waals surface area contributed by atoms with Crippen molar-refractivity contribution in [1.82, 2.24) is 10.3 Å². The van der Waals surface area contributed by atoms with Gasteiger partial charge in [-0.25, -0.2) is 9.18 Å². The molecule has 1 aromatic heterocycles. The van der Waals surface area contributed by atoms with E-state index >= 15 is 0 Å². The van der Waals surface area contributed by atoms with Crippen LogP contribution in [0.25, 0.3) is 10.9 Å². The maximum absolute atomic E-state index is 14.1. The van der Waals surface area contributed by atoms with Crippen LogP contribution in [0.1, 0.15) is 39.9 Å². The van der Waals surface area contributed by atoms with Gasteiger partial charge in [-0.2, -0.15) is 0 Å². The van der Waals surface area contributed by atoms with E-state index < -0.39 is 17.8 Å². The molecule has 176 valence electrons. The molecule has 0 fully saturated rings. The maximum atomic E-state index is 14.1. The van der Waals surface area contributed by atoms with E-state index in [0.717, 1.165) is 11.1 Å². The van der Waals surface area contributed by atoms with E-state index in [2.05, 4.69) is 15.6 Å². The Morgan fingerprint density at radius 2 is 1.80 bits per heavy atom. The van der Waals surface area contributed by atoms with Crippen LogP contribution in [0, 0.1) is 5.82 Å². The molecule has 35 heavy (non-hydrogen) atoms. The number of anilines is 1. The Hall–Kier alpha value is -4.37. The largest absolute Gasteiger partial charge is 0.506 e. The molecule has 0 saturated carbocycles. The number of aromatic hydroxyl groups is 1. The van der Waals surface area contributed by atoms with Crippen molar-refractivity contribution in [3.05, 3.63) is 101 Å². The zero-order chi connectivity index (χ0) is 25.1. The van der Waals surface area contributed by atoms with Crippen LogP contribution in [-0.4, -0.2) is 27.0 Å². The Balaban J connectivity index is 1.73. The molecular weight excluding hydrogens is 467 g/mol. The highest BCUT2D eigenvalue weighted by atomic mass is 32.1. The van der Waals surface area contributed by atoms with E-state index in [1.54, 1.807) is 24.3 Å². The number of hydrogen-bond acceptors (Lipinski definition) is 5. The minimum atomic E-state index is -0.844. The molecule has 9 heteroatoms. The van der Waals surface area contributed by atoms with Gasteiger partial charge in [0, 0.05) is 17.0 Å². The summed E-state index contributed by atoms with van der Waals surface area (Å²) in [5, 5.41) is 16.1. The number of aromatic nitrogens is 1. The molecule has 0 radical (unpaired) electrons. The molecule has 0 aliphatic carbocycles. The van der Waals surface area contributed by atoms with Gasteiger partial charge >= 0.3 is 6.03 Å². The van der Waals surface area contributed by atoms with Gasteiger partial charge in [0.2, 0.25) is 0 Å². The normalized spacial score (nSPS) is 11.6. The quantitative estimate of drug-likeness (QED) is 0.300. The number of thiocarbonyl (C=S) groups is 1. The Morgan fingerprint density at radius 1 is 1.09 bits per heavy atom. The lowest BCUT2D eigenvalue weighted by molar-refractivity contribution is 0.102. The average molecular weight is 489 g/mol. The molecule has 3 amide bonds. The number of carbonyl (C=O) groups is 2. The lowest BCUT2D eigenvalue weighted by Gasteiger charge is -2.19. The Kier molecular flexibility index (Phi) is 6.70. The first kappa shape index (κ1) is 23.8. The zero-order valence-electron chi connectivity index (χ0n) is 18.6. The lowest BCUT2D eigenvalue weighted by Crippen LogP contribution is -2.34. The number of carbonyl (C=O) groups excluding carboxylic acids is 2. The average Bonchev–Trinajstić information content (AvgIpc) is 2.83. The van der Waals surface area contributed by atoms with E-state index in [-0.39, 0.29) is 27.8 Å². The van der Waals surface area contributed by atoms with Crippen LogP contribution >= 0.6 is 12.2 Å². The van der Waals surface area contributed by atoms with Gasteiger partial charge in [0.15, 0.2) is 0 Å². The summed E-state index contributed by atoms with van der Waals surface area (Å²) in [6.45, 7) is 1.95. The number of pyridine rings is 1. The first-order chi connectivity index (χ1) is 16.8. The fourth-order valence-electron chi connectivity index (χ4n) is 3.89. The number of nitrogens with one attached hydrogen (secondary N) is 2. The van der Waals surface area contributed by atoms with Crippen LogP contribution in [0.4, 0.5) is 14.9 Å². The molecule has 0 aliphatic heterocycles. The number of primary amides is 1. The van der Waals surface area contributed by atoms with Crippen LogP contribution in [0.5, 0.6) is 5.75 Å². The van der Waals surface area contributed by atoms with E-state index in [4.69, 9.17) is 18.0 Å². The van der Waals surface area contributed by atoms with Crippen LogP contribution < -0.4 is 16.4 Å². The summed E-state index contributed by atoms with van der Waals surface area (Å²) in [6.07, 6.45) is 1.25. The monoisotopic (exact) mass is 488 g/mol. The fraction of sp³-hybridized carbons (Fsp3) is 0.0769. The SMILES string of the molecule is CC(c1ccc2ncc(O)c(C(=S)NC(N)=O)c2c1)c1ccccc1NC(=O)c1ccccc1F. The Labute approximate surface area is 205 Å². The van der Waals surface area contributed by atoms with Crippen LogP contribution in [0.2, 0.25) is 0 Å². The highest BCUT2D eigenvalue weighted by Crippen LogP contribution is 2.34. The number of nitrogens with two attached hydrogens (primary N) is 1. The fourth-order valence-corrected chi connectivity index (χ4v) is 4.20. The van der Waals surface area contributed by atoms with Gasteiger partial charge in [0.05, 0.1) is 22.8 Å². The van der Waals surface area contributed by atoms with Gasteiger partial charge in [-0.1, -0.05) is 55.5 Å². The second-order valence-corrected chi connectivity index (χ2v) is 8.26. The highest BCUT2D eigenvalue weighted by Gasteiger charge is 2.19. The second kappa shape index (κ2) is 9.86. The van der Waals surface area contributed by atoms with Crippen molar-refractivity contribution in [3.63, 3.8) is 0 Å². The van der Waals surface area contributed by atoms with Gasteiger partial charge < -0.3 is 16.2 Å². The molecule has 0 saturated heterocycles. The van der Waals surface area contributed by atoms with Gasteiger partial charge in [-0.3, -0.25) is 15.1 Å². The van der Waals surface area contributed by atoms with Crippen molar-refractivity contribution in [3.8, 4) is 5.75 Å². The van der Waals surface area contributed by atoms with Crippen molar-refractivity contribution in [1.29, 1.82) is 0 Å². The summed E-state index contributed by atoms with van der Waals surface area (Å²) < 4.78 is 14.1. The summed E-state index contributed by atoms with van der Waals surface area (Å²) in [4.78, 5) is 28.2. The number of rotatable bonds is 5. The molecule has 1 unspecified atom stereocenters. The number of hydrogen-bond donors (Lipinski definition) is 4. The number of amides is 3. The number of para-hydroxylation sites is 1. The predicted molar refractivity (Wildman–Crippen MR) is 136 cm³/mol. The minimum absolute atomic E-state index is 0.0234. The summed E-state index contributed by atoms with van der Waals surface area (Å²) in [5.74, 6) is -1.58. The smallest absolute Gasteiger partial charge is 0.317 e. The van der Waals surface area contributed by atoms with Gasteiger partial charge in [0.1, 0.15) is 16.6 Å². The van der Waals surface area contributed by atoms with Crippen molar-refractivity contribution in [2.75, 3.05) is 5.32 Å². The third-order valence-electron chi connectivity index (χ3n) is 5.63. The molecule has 5 N–H and O–H groups in total. The topological polar surface area (TPSA) is 117 Å². The summed E-state index contributed by atoms with van der Waals surface area (Å²) in [7, 11) is 0. The van der Waals surface area contributed by atoms with Crippen molar-refractivity contribution < 1.29 is 19.1 Å². The predicted octanol–water partition coefficient (Wildman–Crippen LogP) is 4.83. The molecule has 0 spiro atoms. The van der Waals surface area contributed by atoms with Gasteiger partial charge in [-0.05, 0) is 41.5 Å². The van der Waals surface area contributed by atoms with Crippen LogP contribution in [0.15, 0.2) is 72.9 Å². The third-order valence-corrected chi connectivity index (χ3v) is 5.94. The second-order valence-electron chi connectivity index (χ2n) is 7.86. The number of nitrogens with zero attached hydrogens (tertiary/aromatic N) is 1. The van der Waals surface area contributed by atoms with Crippen molar-refractivity contribution >= 4 is 45.7 Å². The lowest BCUT2D eigenvalue weighted by atomic mass is 9.90. The molecule has 4 aromatic rings. The molecule has 4 rings (SSSR count). The molecular formula is C26H21FN4O3S. The summed E-state index contributed by atoms with van der Waals surface area (Å²) in [5.41, 5.74) is 8.10. The first-order valence-electron chi connectivity index (χ1n) is 10.6. The summed E-state index contributed by atoms with van der Waals surface area (Å²) >= 11 is 5.26. The molecule has 0 bridgehead atoms. The van der Waals surface area contributed by atoms with Crippen LogP contribution in [-0.2, 0) is 0 Å². The number of urea groups is 1. The molecule has 1 atom stereocenters. The third kappa shape index (κ3) is 4.95. The number of benzene rings is 3. The van der Waals surface area contributed by atoms with E-state index in [1.165, 1.54) is 24.4 Å². The number of fused-ring (bicyclic) bond motifs is 1. The molecule has 7 nitrogen and oxygen atoms in total. The number of halogens is 1. The van der Waals surface area contributed by atoms with Crippen molar-refractivity contribution in [2.24, 2.45) is 5.73 Å². The minimum Gasteiger partial charge on any atom is -0.506 e. The summed E-state index contributed by atoms with van der Waals surface area (Å²) in [6, 6.07) is 17.6. The highest BCUT2D eigenvalue weighted by molar-refractivity contribution is 7.80. The maximum Gasteiger partial charge on any atom is 0.317 e. The molecule has 0 aliphatic rings. The zero-order valence-corrected chi connectivity index (χ0v) is 19.4. The van der Waals surface area contributed by atoms with E-state index in [1.807, 2.05) is 31.2 Å². The van der Waals surface area contributed by atoms with Gasteiger partial charge in [0.25, 0.3) is 5.91 Å². The Morgan fingerprint density at radius 3 is 2.54 bits per heavy atom. The van der Waals surface area contributed by atoms with Gasteiger partial charge in [-0.15, -0.1) is 0 Å². The standard InChI is InChI=1S/C26H21FN4O3S/c1-14(16-6-3-5-9-21(16)30-24(33)17-7-2-4-8-19(17)27)15-10-11-20-18(12-15)23(22(32)13-29-20)25(35)31-26(28)34/h2-14,32H,1H3,(H,30,33)(H3,28,31,34,35). The first-order valence-corrected chi connectivity index (χ1v) is 11.0. The van der Waals surface area contributed by atoms with Crippen LogP contribution in [0.3, 0.4) is 0 Å². The Bertz CT molecular complexity index is 1470. The molecule has 3 aromatic carbocycles. The van der Waals surface area contributed by atoms with E-state index in [0.29, 0.717) is 16.6 Å².